The van der Waals surface area contributed by atoms with Gasteiger partial charge in [-0.05, 0) is 32.9 Å². The lowest BCUT2D eigenvalue weighted by Crippen LogP contribution is -2.40. The van der Waals surface area contributed by atoms with Crippen molar-refractivity contribution in [3.8, 4) is 0 Å². The van der Waals surface area contributed by atoms with E-state index in [0.29, 0.717) is 11.6 Å². The van der Waals surface area contributed by atoms with Crippen LogP contribution in [0.3, 0.4) is 0 Å². The molecule has 1 fully saturated rings. The summed E-state index contributed by atoms with van der Waals surface area (Å²) in [5.41, 5.74) is 0.776. The first-order valence-corrected chi connectivity index (χ1v) is 6.76. The van der Waals surface area contributed by atoms with Crippen LogP contribution in [0.25, 0.3) is 0 Å². The lowest BCUT2D eigenvalue weighted by atomic mass is 9.93. The summed E-state index contributed by atoms with van der Waals surface area (Å²) >= 11 is 5.83. The van der Waals surface area contributed by atoms with Gasteiger partial charge in [-0.25, -0.2) is 0 Å². The zero-order chi connectivity index (χ0) is 14.2. The zero-order valence-electron chi connectivity index (χ0n) is 11.4. The van der Waals surface area contributed by atoms with Gasteiger partial charge < -0.3 is 5.11 Å². The molecule has 1 N–H and O–H groups in total. The number of likely N-dealkylation sites (tertiary alicyclic amines) is 1. The van der Waals surface area contributed by atoms with E-state index in [1.807, 2.05) is 6.07 Å². The molecule has 1 aromatic rings. The van der Waals surface area contributed by atoms with Gasteiger partial charge in [0.25, 0.3) is 0 Å². The molecule has 5 heteroatoms. The van der Waals surface area contributed by atoms with Gasteiger partial charge in [0, 0.05) is 36.4 Å². The molecule has 0 spiro atoms. The number of hydrogen-bond acceptors (Lipinski definition) is 3. The highest BCUT2D eigenvalue weighted by Crippen LogP contribution is 2.35. The van der Waals surface area contributed by atoms with Gasteiger partial charge in [-0.15, -0.1) is 0 Å². The van der Waals surface area contributed by atoms with Crippen molar-refractivity contribution in [3.05, 3.63) is 29.0 Å². The van der Waals surface area contributed by atoms with Crippen molar-refractivity contribution in [2.24, 2.45) is 5.92 Å². The molecule has 2 rings (SSSR count). The zero-order valence-corrected chi connectivity index (χ0v) is 12.2. The summed E-state index contributed by atoms with van der Waals surface area (Å²) in [6, 6.07) is 3.59. The van der Waals surface area contributed by atoms with Crippen molar-refractivity contribution < 1.29 is 9.90 Å². The number of carboxylic acids is 1. The number of aliphatic carboxylic acids is 1. The maximum atomic E-state index is 11.4. The van der Waals surface area contributed by atoms with E-state index in [1.54, 1.807) is 12.3 Å². The number of pyridine rings is 1. The van der Waals surface area contributed by atoms with E-state index in [9.17, 15) is 9.90 Å². The summed E-state index contributed by atoms with van der Waals surface area (Å²) < 4.78 is 0. The molecule has 2 atom stereocenters. The van der Waals surface area contributed by atoms with Gasteiger partial charge in [0.1, 0.15) is 0 Å². The second-order valence-corrected chi connectivity index (χ2v) is 6.46. The van der Waals surface area contributed by atoms with Crippen molar-refractivity contribution in [3.63, 3.8) is 0 Å². The number of carboxylic acid groups (broad SMARTS) is 1. The molecule has 19 heavy (non-hydrogen) atoms. The first-order valence-electron chi connectivity index (χ1n) is 6.38. The minimum atomic E-state index is -0.756. The van der Waals surface area contributed by atoms with E-state index in [0.717, 1.165) is 12.2 Å². The van der Waals surface area contributed by atoms with Crippen LogP contribution in [-0.2, 0) is 4.79 Å². The van der Waals surface area contributed by atoms with Gasteiger partial charge in [-0.2, -0.15) is 0 Å². The molecular formula is C14H19ClN2O2. The van der Waals surface area contributed by atoms with E-state index < -0.39 is 11.9 Å². The van der Waals surface area contributed by atoms with Crippen LogP contribution in [0.2, 0.25) is 5.02 Å². The van der Waals surface area contributed by atoms with Crippen LogP contribution in [0.4, 0.5) is 0 Å². The van der Waals surface area contributed by atoms with Gasteiger partial charge in [-0.3, -0.25) is 14.7 Å². The Kier molecular flexibility index (Phi) is 3.83. The van der Waals surface area contributed by atoms with Gasteiger partial charge in [0.15, 0.2) is 0 Å². The Morgan fingerprint density at radius 2 is 2.11 bits per heavy atom. The summed E-state index contributed by atoms with van der Waals surface area (Å²) in [4.78, 5) is 17.9. The van der Waals surface area contributed by atoms with Crippen molar-refractivity contribution in [2.75, 3.05) is 13.1 Å². The second-order valence-electron chi connectivity index (χ2n) is 6.03. The molecule has 1 aliphatic heterocycles. The lowest BCUT2D eigenvalue weighted by molar-refractivity contribution is -0.141. The highest BCUT2D eigenvalue weighted by Gasteiger charge is 2.42. The highest BCUT2D eigenvalue weighted by atomic mass is 35.5. The molecule has 2 heterocycles. The monoisotopic (exact) mass is 282 g/mol. The summed E-state index contributed by atoms with van der Waals surface area (Å²) in [6.07, 6.45) is 1.58. The normalized spacial score (nSPS) is 24.6. The molecule has 0 radical (unpaired) electrons. The van der Waals surface area contributed by atoms with Crippen molar-refractivity contribution in [2.45, 2.75) is 32.2 Å². The molecule has 0 bridgehead atoms. The summed E-state index contributed by atoms with van der Waals surface area (Å²) in [6.45, 7) is 7.58. The van der Waals surface area contributed by atoms with Gasteiger partial charge in [0.05, 0.1) is 10.9 Å². The van der Waals surface area contributed by atoms with E-state index >= 15 is 0 Å². The first kappa shape index (κ1) is 14.3. The number of aromatic nitrogens is 1. The van der Waals surface area contributed by atoms with Crippen molar-refractivity contribution in [1.82, 2.24) is 9.88 Å². The molecule has 1 saturated heterocycles. The average molecular weight is 283 g/mol. The van der Waals surface area contributed by atoms with Crippen molar-refractivity contribution in [1.29, 1.82) is 0 Å². The van der Waals surface area contributed by atoms with Crippen LogP contribution in [0.5, 0.6) is 0 Å². The molecule has 0 aromatic carbocycles. The standard InChI is InChI=1S/C14H19ClN2O2/c1-14(2,3)17-7-10(11(8-17)13(18)19)12-5-4-9(15)6-16-12/h4-6,10-11H,7-8H2,1-3H3,(H,18,19)/t10-,11-/m1/s1. The summed E-state index contributed by atoms with van der Waals surface area (Å²) in [5.74, 6) is -1.24. The largest absolute Gasteiger partial charge is 0.481 e. The lowest BCUT2D eigenvalue weighted by Gasteiger charge is -2.31. The van der Waals surface area contributed by atoms with Crippen LogP contribution < -0.4 is 0 Å². The van der Waals surface area contributed by atoms with Crippen LogP contribution in [0.1, 0.15) is 32.4 Å². The number of nitrogens with zero attached hydrogens (tertiary/aromatic N) is 2. The van der Waals surface area contributed by atoms with E-state index in [-0.39, 0.29) is 11.5 Å². The minimum Gasteiger partial charge on any atom is -0.481 e. The molecule has 1 aliphatic rings. The smallest absolute Gasteiger partial charge is 0.308 e. The topological polar surface area (TPSA) is 53.4 Å². The minimum absolute atomic E-state index is 0.0329. The molecular weight excluding hydrogens is 264 g/mol. The molecule has 4 nitrogen and oxygen atoms in total. The van der Waals surface area contributed by atoms with Crippen molar-refractivity contribution >= 4 is 17.6 Å². The van der Waals surface area contributed by atoms with Gasteiger partial charge in [0.2, 0.25) is 0 Å². The van der Waals surface area contributed by atoms with E-state index in [4.69, 9.17) is 11.6 Å². The predicted octanol–water partition coefficient (Wildman–Crippen LogP) is 2.63. The number of carbonyl (C=O) groups is 1. The number of rotatable bonds is 2. The van der Waals surface area contributed by atoms with Gasteiger partial charge >= 0.3 is 5.97 Å². The molecule has 1 aromatic heterocycles. The Labute approximate surface area is 118 Å². The fraction of sp³-hybridized carbons (Fsp3) is 0.571. The third kappa shape index (κ3) is 3.07. The fourth-order valence-electron chi connectivity index (χ4n) is 2.51. The van der Waals surface area contributed by atoms with E-state index in [1.165, 1.54) is 0 Å². The summed E-state index contributed by atoms with van der Waals surface area (Å²) in [5, 5.41) is 9.97. The Morgan fingerprint density at radius 1 is 1.42 bits per heavy atom. The number of hydrogen-bond donors (Lipinski definition) is 1. The Morgan fingerprint density at radius 3 is 2.58 bits per heavy atom. The maximum absolute atomic E-state index is 11.4. The number of halogens is 1. The molecule has 0 unspecified atom stereocenters. The van der Waals surface area contributed by atoms with Gasteiger partial charge in [-0.1, -0.05) is 11.6 Å². The second kappa shape index (κ2) is 5.10. The Bertz CT molecular complexity index is 467. The summed E-state index contributed by atoms with van der Waals surface area (Å²) in [7, 11) is 0. The average Bonchev–Trinajstić information content (AvgIpc) is 2.74. The van der Waals surface area contributed by atoms with Crippen LogP contribution in [-0.4, -0.2) is 39.6 Å². The Hall–Kier alpha value is -1.13. The first-order chi connectivity index (χ1) is 8.79. The van der Waals surface area contributed by atoms with E-state index in [2.05, 4.69) is 30.7 Å². The molecule has 104 valence electrons. The predicted molar refractivity (Wildman–Crippen MR) is 74.4 cm³/mol. The Balaban J connectivity index is 2.27. The third-order valence-corrected chi connectivity index (χ3v) is 3.94. The third-order valence-electron chi connectivity index (χ3n) is 3.72. The van der Waals surface area contributed by atoms with Crippen LogP contribution in [0.15, 0.2) is 18.3 Å². The molecule has 0 aliphatic carbocycles. The highest BCUT2D eigenvalue weighted by molar-refractivity contribution is 6.30. The quantitative estimate of drug-likeness (QED) is 0.906. The SMILES string of the molecule is CC(C)(C)N1C[C@@H](C(=O)O)[C@H](c2ccc(Cl)cn2)C1. The molecule has 0 amide bonds. The van der Waals surface area contributed by atoms with Crippen LogP contribution in [0, 0.1) is 5.92 Å². The fourth-order valence-corrected chi connectivity index (χ4v) is 2.62. The molecule has 0 saturated carbocycles. The maximum Gasteiger partial charge on any atom is 0.308 e. The van der Waals surface area contributed by atoms with Crippen LogP contribution >= 0.6 is 11.6 Å².